The van der Waals surface area contributed by atoms with Gasteiger partial charge >= 0.3 is 0 Å². The molecule has 142 valence electrons. The van der Waals surface area contributed by atoms with Crippen LogP contribution < -0.4 is 20.3 Å². The molecule has 27 heavy (non-hydrogen) atoms. The molecule has 1 fully saturated rings. The number of benzene rings is 1. The Morgan fingerprint density at radius 3 is 2.89 bits per heavy atom. The largest absolute Gasteiger partial charge is 0.488 e. The predicted octanol–water partition coefficient (Wildman–Crippen LogP) is 2.35. The smallest absolute Gasteiger partial charge is 0.191 e. The molecule has 1 unspecified atom stereocenters. The zero-order chi connectivity index (χ0) is 18.5. The molecular weight excluding hydrogens is 338 g/mol. The third-order valence-electron chi connectivity index (χ3n) is 5.13. The lowest BCUT2D eigenvalue weighted by Crippen LogP contribution is -2.41. The maximum absolute atomic E-state index is 5.98. The van der Waals surface area contributed by atoms with Gasteiger partial charge in [-0.1, -0.05) is 18.2 Å². The molecule has 2 aliphatic heterocycles. The molecule has 0 saturated carbocycles. The van der Waals surface area contributed by atoms with Crippen molar-refractivity contribution < 1.29 is 4.74 Å². The van der Waals surface area contributed by atoms with Gasteiger partial charge in [-0.2, -0.15) is 0 Å². The van der Waals surface area contributed by atoms with Gasteiger partial charge in [0.15, 0.2) is 5.96 Å². The summed E-state index contributed by atoms with van der Waals surface area (Å²) in [5, 5.41) is 6.76. The van der Waals surface area contributed by atoms with Crippen LogP contribution >= 0.6 is 0 Å². The van der Waals surface area contributed by atoms with Crippen LogP contribution in [0.5, 0.6) is 5.75 Å². The Kier molecular flexibility index (Phi) is 5.42. The van der Waals surface area contributed by atoms with Gasteiger partial charge in [-0.05, 0) is 42.2 Å². The maximum Gasteiger partial charge on any atom is 0.191 e. The quantitative estimate of drug-likeness (QED) is 0.629. The number of aliphatic imine (C=N–C) groups is 1. The number of aromatic nitrogens is 1. The zero-order valence-electron chi connectivity index (χ0n) is 15.8. The van der Waals surface area contributed by atoms with Crippen LogP contribution in [0.3, 0.4) is 0 Å². The number of hydrogen-bond acceptors (Lipinski definition) is 4. The minimum Gasteiger partial charge on any atom is -0.488 e. The molecule has 6 heteroatoms. The van der Waals surface area contributed by atoms with Gasteiger partial charge in [0.25, 0.3) is 0 Å². The molecule has 2 N–H and O–H groups in total. The van der Waals surface area contributed by atoms with Gasteiger partial charge in [0, 0.05) is 39.3 Å². The summed E-state index contributed by atoms with van der Waals surface area (Å²) < 4.78 is 5.98. The second kappa shape index (κ2) is 8.29. The number of anilines is 1. The third-order valence-corrected chi connectivity index (χ3v) is 5.13. The fourth-order valence-electron chi connectivity index (χ4n) is 3.67. The highest BCUT2D eigenvalue weighted by Gasteiger charge is 2.22. The van der Waals surface area contributed by atoms with E-state index in [1.807, 2.05) is 18.3 Å². The van der Waals surface area contributed by atoms with Crippen LogP contribution in [0.15, 0.2) is 47.6 Å². The minimum atomic E-state index is 0.142. The van der Waals surface area contributed by atoms with Crippen LogP contribution in [0.1, 0.15) is 24.0 Å². The van der Waals surface area contributed by atoms with E-state index < -0.39 is 0 Å². The summed E-state index contributed by atoms with van der Waals surface area (Å²) >= 11 is 0. The molecule has 0 amide bonds. The Balaban J connectivity index is 1.27. The third kappa shape index (κ3) is 4.32. The highest BCUT2D eigenvalue weighted by Crippen LogP contribution is 2.27. The number of nitrogens with one attached hydrogen (secondary N) is 2. The number of guanidine groups is 1. The summed E-state index contributed by atoms with van der Waals surface area (Å²) in [5.41, 5.74) is 2.48. The monoisotopic (exact) mass is 365 g/mol. The second-order valence-electron chi connectivity index (χ2n) is 7.07. The van der Waals surface area contributed by atoms with Crippen molar-refractivity contribution in [2.75, 3.05) is 31.6 Å². The molecule has 3 heterocycles. The summed E-state index contributed by atoms with van der Waals surface area (Å²) in [6.45, 7) is 3.66. The van der Waals surface area contributed by atoms with Gasteiger partial charge in [-0.15, -0.1) is 0 Å². The number of nitrogens with zero attached hydrogens (tertiary/aromatic N) is 3. The number of ether oxygens (including phenoxy) is 1. The van der Waals surface area contributed by atoms with E-state index >= 15 is 0 Å². The van der Waals surface area contributed by atoms with E-state index in [-0.39, 0.29) is 6.10 Å². The number of para-hydroxylation sites is 1. The van der Waals surface area contributed by atoms with Gasteiger partial charge < -0.3 is 20.3 Å². The average molecular weight is 365 g/mol. The summed E-state index contributed by atoms with van der Waals surface area (Å²) in [6, 6.07) is 12.5. The molecule has 0 bridgehead atoms. The molecule has 4 rings (SSSR count). The van der Waals surface area contributed by atoms with Crippen LogP contribution in [0.25, 0.3) is 0 Å². The summed E-state index contributed by atoms with van der Waals surface area (Å²) in [7, 11) is 1.79. The van der Waals surface area contributed by atoms with Gasteiger partial charge in [0.05, 0.1) is 6.54 Å². The summed E-state index contributed by atoms with van der Waals surface area (Å²) in [6.07, 6.45) is 5.49. The molecule has 1 atom stereocenters. The summed E-state index contributed by atoms with van der Waals surface area (Å²) in [4.78, 5) is 11.2. The lowest BCUT2D eigenvalue weighted by atomic mass is 10.1. The topological polar surface area (TPSA) is 61.8 Å². The number of pyridine rings is 1. The molecule has 1 aromatic heterocycles. The Morgan fingerprint density at radius 2 is 2.07 bits per heavy atom. The lowest BCUT2D eigenvalue weighted by molar-refractivity contribution is 0.235. The van der Waals surface area contributed by atoms with Crippen molar-refractivity contribution in [2.45, 2.75) is 31.9 Å². The molecule has 0 aliphatic carbocycles. The van der Waals surface area contributed by atoms with Crippen molar-refractivity contribution in [2.24, 2.45) is 4.99 Å². The second-order valence-corrected chi connectivity index (χ2v) is 7.07. The molecule has 2 aromatic rings. The molecule has 6 nitrogen and oxygen atoms in total. The first-order chi connectivity index (χ1) is 13.3. The Bertz CT molecular complexity index is 776. The van der Waals surface area contributed by atoms with Crippen molar-refractivity contribution in [3.8, 4) is 5.75 Å². The predicted molar refractivity (Wildman–Crippen MR) is 108 cm³/mol. The number of rotatable bonds is 5. The zero-order valence-corrected chi connectivity index (χ0v) is 15.8. The van der Waals surface area contributed by atoms with E-state index in [9.17, 15) is 0 Å². The first-order valence-electron chi connectivity index (χ1n) is 9.71. The van der Waals surface area contributed by atoms with Crippen LogP contribution in [0, 0.1) is 0 Å². The van der Waals surface area contributed by atoms with Gasteiger partial charge in [-0.25, -0.2) is 4.98 Å². The highest BCUT2D eigenvalue weighted by molar-refractivity contribution is 5.79. The first-order valence-corrected chi connectivity index (χ1v) is 9.71. The fraction of sp³-hybridized carbons (Fsp3) is 0.429. The normalized spacial score (nSPS) is 18.9. The molecule has 1 saturated heterocycles. The van der Waals surface area contributed by atoms with Crippen LogP contribution in [0.4, 0.5) is 5.82 Å². The van der Waals surface area contributed by atoms with E-state index in [2.05, 4.69) is 49.8 Å². The van der Waals surface area contributed by atoms with Crippen molar-refractivity contribution in [1.82, 2.24) is 15.6 Å². The van der Waals surface area contributed by atoms with Gasteiger partial charge in [-0.3, -0.25) is 4.99 Å². The average Bonchev–Trinajstić information content (AvgIpc) is 3.38. The number of fused-ring (bicyclic) bond motifs is 1. The maximum atomic E-state index is 5.98. The Hall–Kier alpha value is -2.76. The van der Waals surface area contributed by atoms with Gasteiger partial charge in [0.2, 0.25) is 0 Å². The van der Waals surface area contributed by atoms with E-state index in [0.29, 0.717) is 0 Å². The lowest BCUT2D eigenvalue weighted by Gasteiger charge is -2.18. The van der Waals surface area contributed by atoms with E-state index in [4.69, 9.17) is 4.74 Å². The molecular formula is C21H27N5O. The Labute approximate surface area is 160 Å². The highest BCUT2D eigenvalue weighted by atomic mass is 16.5. The van der Waals surface area contributed by atoms with Crippen molar-refractivity contribution in [3.63, 3.8) is 0 Å². The number of hydrogen-bond donors (Lipinski definition) is 2. The molecule has 1 aromatic carbocycles. The molecule has 0 radical (unpaired) electrons. The van der Waals surface area contributed by atoms with E-state index in [1.54, 1.807) is 7.05 Å². The first kappa shape index (κ1) is 17.6. The van der Waals surface area contributed by atoms with Crippen molar-refractivity contribution >= 4 is 11.8 Å². The van der Waals surface area contributed by atoms with Crippen LogP contribution in [-0.2, 0) is 13.0 Å². The Morgan fingerprint density at radius 1 is 1.22 bits per heavy atom. The van der Waals surface area contributed by atoms with E-state index in [1.165, 1.54) is 24.0 Å². The van der Waals surface area contributed by atoms with Crippen LogP contribution in [0.2, 0.25) is 0 Å². The summed E-state index contributed by atoms with van der Waals surface area (Å²) in [5.74, 6) is 2.86. The van der Waals surface area contributed by atoms with Gasteiger partial charge in [0.1, 0.15) is 17.7 Å². The van der Waals surface area contributed by atoms with E-state index in [0.717, 1.165) is 50.1 Å². The van der Waals surface area contributed by atoms with Crippen molar-refractivity contribution in [1.29, 1.82) is 0 Å². The fourth-order valence-corrected chi connectivity index (χ4v) is 3.67. The van der Waals surface area contributed by atoms with Crippen molar-refractivity contribution in [3.05, 3.63) is 53.7 Å². The molecule has 2 aliphatic rings. The minimum absolute atomic E-state index is 0.142. The molecule has 0 spiro atoms. The SMILES string of the molecule is CN=C(NCc1ccnc(N2CCCC2)c1)NCC1Cc2ccccc2O1. The standard InChI is InChI=1S/C21H27N5O/c1-22-21(25-15-18-13-17-6-2-3-7-19(17)27-18)24-14-16-8-9-23-20(12-16)26-10-4-5-11-26/h2-3,6-9,12,18H,4-5,10-11,13-15H2,1H3,(H2,22,24,25). The van der Waals surface area contributed by atoms with Crippen LogP contribution in [-0.4, -0.2) is 43.7 Å².